The predicted molar refractivity (Wildman–Crippen MR) is 224 cm³/mol. The highest BCUT2D eigenvalue weighted by atomic mass is 32.1. The van der Waals surface area contributed by atoms with Gasteiger partial charge in [-0.2, -0.15) is 0 Å². The molecule has 0 atom stereocenters. The van der Waals surface area contributed by atoms with Crippen LogP contribution in [0.2, 0.25) is 0 Å². The van der Waals surface area contributed by atoms with Crippen LogP contribution < -0.4 is 0 Å². The maximum absolute atomic E-state index is 5.14. The summed E-state index contributed by atoms with van der Waals surface area (Å²) >= 11 is 1.90. The van der Waals surface area contributed by atoms with E-state index in [2.05, 4.69) is 180 Å². The number of para-hydroxylation sites is 3. The molecule has 0 N–H and O–H groups in total. The summed E-state index contributed by atoms with van der Waals surface area (Å²) in [5, 5.41) is 2.63. The van der Waals surface area contributed by atoms with Crippen molar-refractivity contribution in [3.63, 3.8) is 0 Å². The third kappa shape index (κ3) is 5.36. The predicted octanol–water partition coefficient (Wildman–Crippen LogP) is 13.9. The van der Waals surface area contributed by atoms with Gasteiger partial charge >= 0.3 is 0 Å². The molecule has 0 aliphatic rings. The molecule has 0 unspecified atom stereocenters. The van der Waals surface area contributed by atoms with Crippen molar-refractivity contribution in [1.82, 2.24) is 9.55 Å². The molecule has 9 aromatic rings. The Kier molecular flexibility index (Phi) is 7.71. The summed E-state index contributed by atoms with van der Waals surface area (Å²) in [5.41, 5.74) is 19.8. The highest BCUT2D eigenvalue weighted by Gasteiger charge is 2.19. The lowest BCUT2D eigenvalue weighted by molar-refractivity contribution is 1.10. The van der Waals surface area contributed by atoms with Gasteiger partial charge in [0.25, 0.3) is 0 Å². The highest BCUT2D eigenvalue weighted by molar-refractivity contribution is 7.26. The van der Waals surface area contributed by atoms with Crippen LogP contribution in [0.15, 0.2) is 133 Å². The molecule has 0 bridgehead atoms. The summed E-state index contributed by atoms with van der Waals surface area (Å²) in [6.45, 7) is 13.4. The molecule has 0 aliphatic carbocycles. The molecule has 2 heterocycles. The van der Waals surface area contributed by atoms with E-state index in [9.17, 15) is 0 Å². The van der Waals surface area contributed by atoms with Gasteiger partial charge in [-0.1, -0.05) is 96.1 Å². The lowest BCUT2D eigenvalue weighted by Crippen LogP contribution is -1.97. The molecule has 7 aromatic carbocycles. The number of aryl methyl sites for hydroxylation is 6. The van der Waals surface area contributed by atoms with Crippen molar-refractivity contribution in [2.24, 2.45) is 0 Å². The average Bonchev–Trinajstić information content (AvgIpc) is 3.70. The van der Waals surface area contributed by atoms with Crippen molar-refractivity contribution < 1.29 is 0 Å². The van der Waals surface area contributed by atoms with Gasteiger partial charge in [0.1, 0.15) is 5.82 Å². The van der Waals surface area contributed by atoms with Crippen molar-refractivity contribution in [1.29, 1.82) is 0 Å². The lowest BCUT2D eigenvalue weighted by atomic mass is 9.89. The molecular formula is C49H40N2S. The third-order valence-electron chi connectivity index (χ3n) is 10.5. The minimum atomic E-state index is 0.944. The van der Waals surface area contributed by atoms with E-state index in [0.29, 0.717) is 0 Å². The first kappa shape index (κ1) is 32.2. The minimum Gasteiger partial charge on any atom is -0.292 e. The van der Waals surface area contributed by atoms with Gasteiger partial charge in [0.15, 0.2) is 0 Å². The summed E-state index contributed by atoms with van der Waals surface area (Å²) in [6, 6.07) is 49.1. The molecule has 0 amide bonds. The van der Waals surface area contributed by atoms with Crippen LogP contribution in [0.4, 0.5) is 0 Å². The summed E-state index contributed by atoms with van der Waals surface area (Å²) in [5.74, 6) is 0.944. The largest absolute Gasteiger partial charge is 0.292 e. The van der Waals surface area contributed by atoms with E-state index in [-0.39, 0.29) is 0 Å². The number of hydrogen-bond donors (Lipinski definition) is 0. The molecule has 0 fully saturated rings. The van der Waals surface area contributed by atoms with E-state index < -0.39 is 0 Å². The Morgan fingerprint density at radius 2 is 1.04 bits per heavy atom. The van der Waals surface area contributed by atoms with Crippen LogP contribution in [0.5, 0.6) is 0 Å². The summed E-state index contributed by atoms with van der Waals surface area (Å²) in [4.78, 5) is 5.14. The average molecular weight is 689 g/mol. The molecule has 0 saturated carbocycles. The fraction of sp³-hybridized carbons (Fsp3) is 0.122. The number of fused-ring (bicyclic) bond motifs is 4. The molecule has 2 aromatic heterocycles. The summed E-state index contributed by atoms with van der Waals surface area (Å²) in [7, 11) is 0. The van der Waals surface area contributed by atoms with E-state index in [4.69, 9.17) is 4.98 Å². The second-order valence-electron chi connectivity index (χ2n) is 14.4. The quantitative estimate of drug-likeness (QED) is 0.176. The van der Waals surface area contributed by atoms with Crippen LogP contribution in [0.3, 0.4) is 0 Å². The van der Waals surface area contributed by atoms with Crippen LogP contribution in [-0.4, -0.2) is 9.55 Å². The van der Waals surface area contributed by atoms with E-state index >= 15 is 0 Å². The lowest BCUT2D eigenvalue weighted by Gasteiger charge is -2.15. The molecule has 252 valence electrons. The molecule has 0 spiro atoms. The van der Waals surface area contributed by atoms with Crippen molar-refractivity contribution >= 4 is 42.5 Å². The zero-order chi connectivity index (χ0) is 35.7. The number of thiophene rings is 1. The number of imidazole rings is 1. The fourth-order valence-electron chi connectivity index (χ4n) is 8.52. The van der Waals surface area contributed by atoms with Crippen LogP contribution in [0, 0.1) is 41.5 Å². The first-order valence-corrected chi connectivity index (χ1v) is 18.9. The van der Waals surface area contributed by atoms with Crippen molar-refractivity contribution in [3.05, 3.63) is 167 Å². The number of aromatic nitrogens is 2. The summed E-state index contributed by atoms with van der Waals surface area (Å²) < 4.78 is 4.90. The van der Waals surface area contributed by atoms with E-state index in [0.717, 1.165) is 28.1 Å². The third-order valence-corrected chi connectivity index (χ3v) is 11.8. The molecule has 9 rings (SSSR count). The van der Waals surface area contributed by atoms with Gasteiger partial charge in [-0.25, -0.2) is 4.98 Å². The number of benzene rings is 7. The topological polar surface area (TPSA) is 17.8 Å². The second-order valence-corrected chi connectivity index (χ2v) is 15.5. The number of nitrogens with zero attached hydrogens (tertiary/aromatic N) is 2. The van der Waals surface area contributed by atoms with E-state index in [1.54, 1.807) is 0 Å². The summed E-state index contributed by atoms with van der Waals surface area (Å²) in [6.07, 6.45) is 0. The molecule has 0 radical (unpaired) electrons. The van der Waals surface area contributed by atoms with Crippen LogP contribution in [-0.2, 0) is 0 Å². The number of rotatable bonds is 5. The van der Waals surface area contributed by atoms with Crippen LogP contribution >= 0.6 is 11.3 Å². The molecular weight excluding hydrogens is 649 g/mol. The smallest absolute Gasteiger partial charge is 0.145 e. The Morgan fingerprint density at radius 1 is 0.481 bits per heavy atom. The standard InChI is InChI=1S/C49H40N2S/c1-29-22-31(3)46(32(4)23-29)37-20-21-45-41(26-37)42-28-38(47-33(5)24-30(2)25-34(47)6)27-40(48(42)52-45)35-16-18-36(19-17-35)49-50-43-14-10-11-15-44(43)51(49)39-12-8-7-9-13-39/h7-28H,1-6H3. The monoisotopic (exact) mass is 688 g/mol. The number of hydrogen-bond acceptors (Lipinski definition) is 2. The van der Waals surface area contributed by atoms with Gasteiger partial charge < -0.3 is 0 Å². The van der Waals surface area contributed by atoms with Crippen molar-refractivity contribution in [2.45, 2.75) is 41.5 Å². The van der Waals surface area contributed by atoms with Gasteiger partial charge in [0.2, 0.25) is 0 Å². The SMILES string of the molecule is Cc1cc(C)c(-c2ccc3sc4c(-c5ccc(-c6nc7ccccc7n6-c6ccccc6)cc5)cc(-c5c(C)cc(C)cc5C)cc4c3c2)c(C)c1. The Morgan fingerprint density at radius 3 is 1.71 bits per heavy atom. The van der Waals surface area contributed by atoms with Gasteiger partial charge in [-0.05, 0) is 140 Å². The molecule has 2 nitrogen and oxygen atoms in total. The van der Waals surface area contributed by atoms with Gasteiger partial charge in [-0.3, -0.25) is 4.57 Å². The zero-order valence-corrected chi connectivity index (χ0v) is 31.3. The van der Waals surface area contributed by atoms with E-state index in [1.807, 2.05) is 11.3 Å². The maximum atomic E-state index is 5.14. The molecule has 52 heavy (non-hydrogen) atoms. The van der Waals surface area contributed by atoms with Crippen molar-refractivity contribution in [2.75, 3.05) is 0 Å². The normalized spacial score (nSPS) is 11.7. The first-order chi connectivity index (χ1) is 25.2. The van der Waals surface area contributed by atoms with Gasteiger partial charge in [0.05, 0.1) is 11.0 Å². The molecule has 0 aliphatic heterocycles. The fourth-order valence-corrected chi connectivity index (χ4v) is 9.72. The van der Waals surface area contributed by atoms with Crippen LogP contribution in [0.1, 0.15) is 33.4 Å². The Labute approximate surface area is 309 Å². The van der Waals surface area contributed by atoms with Gasteiger partial charge in [0, 0.05) is 37.0 Å². The second kappa shape index (κ2) is 12.5. The van der Waals surface area contributed by atoms with E-state index in [1.165, 1.54) is 86.9 Å². The van der Waals surface area contributed by atoms with Gasteiger partial charge in [-0.15, -0.1) is 11.3 Å². The Balaban J connectivity index is 1.25. The maximum Gasteiger partial charge on any atom is 0.145 e. The Bertz CT molecular complexity index is 2790. The highest BCUT2D eigenvalue weighted by Crippen LogP contribution is 2.45. The van der Waals surface area contributed by atoms with Crippen molar-refractivity contribution in [3.8, 4) is 50.5 Å². The van der Waals surface area contributed by atoms with Crippen LogP contribution in [0.25, 0.3) is 81.7 Å². The Hall–Kier alpha value is -5.77. The zero-order valence-electron chi connectivity index (χ0n) is 30.5. The minimum absolute atomic E-state index is 0.944. The molecule has 0 saturated heterocycles. The first-order valence-electron chi connectivity index (χ1n) is 18.0. The molecule has 3 heteroatoms.